The molecule has 1 aromatic rings. The van der Waals surface area contributed by atoms with Crippen molar-refractivity contribution in [3.05, 3.63) is 22.2 Å². The Morgan fingerprint density at radius 3 is 2.40 bits per heavy atom. The van der Waals surface area contributed by atoms with E-state index in [1.54, 1.807) is 0 Å². The number of piperazine rings is 1. The fourth-order valence-corrected chi connectivity index (χ4v) is 3.23. The quantitative estimate of drug-likeness (QED) is 0.828. The number of β-amino-alcohol motifs (C(OH)–C–C–N with tert-alkyl or cyclic N) is 1. The van der Waals surface area contributed by atoms with Crippen LogP contribution >= 0.6 is 15.9 Å². The molecule has 0 atom stereocenters. The average Bonchev–Trinajstić information content (AvgIpc) is 2.33. The van der Waals surface area contributed by atoms with Gasteiger partial charge in [0.05, 0.1) is 11.3 Å². The van der Waals surface area contributed by atoms with E-state index in [9.17, 15) is 5.11 Å². The fourth-order valence-electron chi connectivity index (χ4n) is 2.62. The fraction of sp³-hybridized carbons (Fsp3) is 0.600. The van der Waals surface area contributed by atoms with Gasteiger partial charge < -0.3 is 15.7 Å². The van der Waals surface area contributed by atoms with Gasteiger partial charge in [-0.3, -0.25) is 4.90 Å². The minimum Gasteiger partial charge on any atom is -0.398 e. The van der Waals surface area contributed by atoms with Crippen molar-refractivity contribution in [2.24, 2.45) is 0 Å². The molecule has 1 fully saturated rings. The van der Waals surface area contributed by atoms with Gasteiger partial charge in [-0.2, -0.15) is 0 Å². The van der Waals surface area contributed by atoms with Crippen molar-refractivity contribution < 1.29 is 5.11 Å². The highest BCUT2D eigenvalue weighted by Crippen LogP contribution is 2.31. The van der Waals surface area contributed by atoms with Gasteiger partial charge in [0.25, 0.3) is 0 Å². The van der Waals surface area contributed by atoms with Crippen molar-refractivity contribution in [2.75, 3.05) is 43.4 Å². The molecule has 1 saturated heterocycles. The number of aryl methyl sites for hydroxylation is 1. The molecule has 0 bridgehead atoms. The summed E-state index contributed by atoms with van der Waals surface area (Å²) in [6.45, 7) is 10.4. The second kappa shape index (κ2) is 5.92. The van der Waals surface area contributed by atoms with Crippen LogP contribution in [0.4, 0.5) is 11.4 Å². The maximum Gasteiger partial charge on any atom is 0.0718 e. The summed E-state index contributed by atoms with van der Waals surface area (Å²) >= 11 is 3.61. The van der Waals surface area contributed by atoms with Gasteiger partial charge in [-0.25, -0.2) is 0 Å². The molecule has 0 amide bonds. The number of benzene rings is 1. The zero-order valence-electron chi connectivity index (χ0n) is 12.5. The molecule has 0 aromatic heterocycles. The predicted octanol–water partition coefficient (Wildman–Crippen LogP) is 2.23. The smallest absolute Gasteiger partial charge is 0.0718 e. The SMILES string of the molecule is Cc1cc(N2CCN(CC(C)(C)O)CC2)c(Br)cc1N. The van der Waals surface area contributed by atoms with Crippen LogP contribution in [0.5, 0.6) is 0 Å². The number of nitrogens with zero attached hydrogens (tertiary/aromatic N) is 2. The van der Waals surface area contributed by atoms with Crippen LogP contribution in [0, 0.1) is 6.92 Å². The van der Waals surface area contributed by atoms with E-state index in [0.717, 1.165) is 48.4 Å². The molecule has 1 aliphatic heterocycles. The van der Waals surface area contributed by atoms with Crippen molar-refractivity contribution in [2.45, 2.75) is 26.4 Å². The molecule has 0 unspecified atom stereocenters. The first-order valence-corrected chi connectivity index (χ1v) is 7.81. The number of rotatable bonds is 3. The van der Waals surface area contributed by atoms with Crippen LogP contribution in [0.2, 0.25) is 0 Å². The first-order valence-electron chi connectivity index (χ1n) is 7.01. The molecule has 1 heterocycles. The Morgan fingerprint density at radius 1 is 1.25 bits per heavy atom. The molecule has 0 saturated carbocycles. The number of aliphatic hydroxyl groups is 1. The Kier molecular flexibility index (Phi) is 4.62. The molecule has 0 spiro atoms. The minimum absolute atomic E-state index is 0.624. The van der Waals surface area contributed by atoms with Crippen LogP contribution in [-0.4, -0.2) is 48.3 Å². The van der Waals surface area contributed by atoms with Crippen molar-refractivity contribution in [1.29, 1.82) is 0 Å². The predicted molar refractivity (Wildman–Crippen MR) is 88.2 cm³/mol. The number of nitrogens with two attached hydrogens (primary N) is 1. The third-order valence-electron chi connectivity index (χ3n) is 3.66. The highest BCUT2D eigenvalue weighted by molar-refractivity contribution is 9.10. The number of nitrogen functional groups attached to an aromatic ring is 1. The highest BCUT2D eigenvalue weighted by atomic mass is 79.9. The van der Waals surface area contributed by atoms with E-state index in [1.165, 1.54) is 5.69 Å². The third-order valence-corrected chi connectivity index (χ3v) is 4.29. The summed E-state index contributed by atoms with van der Waals surface area (Å²) in [5, 5.41) is 9.89. The lowest BCUT2D eigenvalue weighted by molar-refractivity contribution is 0.0345. The van der Waals surface area contributed by atoms with Gasteiger partial charge in [0.15, 0.2) is 0 Å². The topological polar surface area (TPSA) is 52.7 Å². The summed E-state index contributed by atoms with van der Waals surface area (Å²) in [5.41, 5.74) is 8.44. The number of anilines is 2. The summed E-state index contributed by atoms with van der Waals surface area (Å²) in [5.74, 6) is 0. The van der Waals surface area contributed by atoms with E-state index in [1.807, 2.05) is 26.8 Å². The lowest BCUT2D eigenvalue weighted by Gasteiger charge is -2.38. The summed E-state index contributed by atoms with van der Waals surface area (Å²) in [6, 6.07) is 4.12. The highest BCUT2D eigenvalue weighted by Gasteiger charge is 2.23. The Hall–Kier alpha value is -0.780. The molecule has 3 N–H and O–H groups in total. The average molecular weight is 342 g/mol. The van der Waals surface area contributed by atoms with Crippen LogP contribution < -0.4 is 10.6 Å². The summed E-state index contributed by atoms with van der Waals surface area (Å²) in [7, 11) is 0. The molecule has 112 valence electrons. The van der Waals surface area contributed by atoms with Crippen molar-refractivity contribution in [3.63, 3.8) is 0 Å². The molecule has 5 heteroatoms. The molecular formula is C15H24BrN3O. The normalized spacial score (nSPS) is 17.6. The molecule has 2 rings (SSSR count). The zero-order valence-corrected chi connectivity index (χ0v) is 14.1. The van der Waals surface area contributed by atoms with Crippen LogP contribution in [0.25, 0.3) is 0 Å². The van der Waals surface area contributed by atoms with E-state index in [4.69, 9.17) is 5.73 Å². The Morgan fingerprint density at radius 2 is 1.85 bits per heavy atom. The molecule has 0 aliphatic carbocycles. The van der Waals surface area contributed by atoms with Crippen LogP contribution in [0.3, 0.4) is 0 Å². The molecule has 20 heavy (non-hydrogen) atoms. The second-order valence-corrected chi connectivity index (χ2v) is 7.09. The van der Waals surface area contributed by atoms with Crippen LogP contribution in [0.15, 0.2) is 16.6 Å². The van der Waals surface area contributed by atoms with Gasteiger partial charge in [-0.05, 0) is 54.4 Å². The number of hydrogen-bond donors (Lipinski definition) is 2. The molecule has 1 aromatic carbocycles. The molecule has 0 radical (unpaired) electrons. The van der Waals surface area contributed by atoms with E-state index in [-0.39, 0.29) is 0 Å². The lowest BCUT2D eigenvalue weighted by atomic mass is 10.1. The first-order chi connectivity index (χ1) is 9.26. The Labute approximate surface area is 129 Å². The van der Waals surface area contributed by atoms with Crippen LogP contribution in [0.1, 0.15) is 19.4 Å². The standard InChI is InChI=1S/C15H24BrN3O/c1-11-8-14(12(16)9-13(11)17)19-6-4-18(5-7-19)10-15(2,3)20/h8-9,20H,4-7,10,17H2,1-3H3. The van der Waals surface area contributed by atoms with Gasteiger partial charge in [0, 0.05) is 42.9 Å². The van der Waals surface area contributed by atoms with E-state index in [0.29, 0.717) is 0 Å². The van der Waals surface area contributed by atoms with Crippen molar-refractivity contribution in [3.8, 4) is 0 Å². The van der Waals surface area contributed by atoms with E-state index < -0.39 is 5.60 Å². The molecule has 4 nitrogen and oxygen atoms in total. The van der Waals surface area contributed by atoms with Gasteiger partial charge in [-0.1, -0.05) is 0 Å². The zero-order chi connectivity index (χ0) is 14.9. The summed E-state index contributed by atoms with van der Waals surface area (Å²) < 4.78 is 1.05. The molecular weight excluding hydrogens is 318 g/mol. The van der Waals surface area contributed by atoms with Gasteiger partial charge in [0.1, 0.15) is 0 Å². The first kappa shape index (κ1) is 15.6. The maximum absolute atomic E-state index is 9.89. The third kappa shape index (κ3) is 3.87. The van der Waals surface area contributed by atoms with Gasteiger partial charge in [-0.15, -0.1) is 0 Å². The van der Waals surface area contributed by atoms with Crippen molar-refractivity contribution in [1.82, 2.24) is 4.90 Å². The Bertz CT molecular complexity index is 477. The van der Waals surface area contributed by atoms with Crippen LogP contribution in [-0.2, 0) is 0 Å². The number of halogens is 1. The largest absolute Gasteiger partial charge is 0.398 e. The van der Waals surface area contributed by atoms with Gasteiger partial charge >= 0.3 is 0 Å². The summed E-state index contributed by atoms with van der Waals surface area (Å²) in [4.78, 5) is 4.69. The maximum atomic E-state index is 9.89. The van der Waals surface area contributed by atoms with E-state index >= 15 is 0 Å². The molecule has 1 aliphatic rings. The number of hydrogen-bond acceptors (Lipinski definition) is 4. The Balaban J connectivity index is 2.02. The monoisotopic (exact) mass is 341 g/mol. The minimum atomic E-state index is -0.624. The van der Waals surface area contributed by atoms with Gasteiger partial charge in [0.2, 0.25) is 0 Å². The summed E-state index contributed by atoms with van der Waals surface area (Å²) in [6.07, 6.45) is 0. The lowest BCUT2D eigenvalue weighted by Crippen LogP contribution is -2.50. The van der Waals surface area contributed by atoms with E-state index in [2.05, 4.69) is 31.8 Å². The van der Waals surface area contributed by atoms with Crippen molar-refractivity contribution >= 4 is 27.3 Å². The second-order valence-electron chi connectivity index (χ2n) is 6.24.